The van der Waals surface area contributed by atoms with Gasteiger partial charge in [0.15, 0.2) is 0 Å². The van der Waals surface area contributed by atoms with Crippen molar-refractivity contribution in [2.45, 2.75) is 58.9 Å². The summed E-state index contributed by atoms with van der Waals surface area (Å²) >= 11 is 0. The van der Waals surface area contributed by atoms with Gasteiger partial charge in [-0.15, -0.1) is 0 Å². The van der Waals surface area contributed by atoms with Gasteiger partial charge in [-0.3, -0.25) is 0 Å². The number of rotatable bonds is 8. The Kier molecular flexibility index (Phi) is 6.36. The Morgan fingerprint density at radius 1 is 1.16 bits per heavy atom. The maximum atomic E-state index is 5.74. The first-order valence-corrected chi connectivity index (χ1v) is 7.46. The zero-order valence-electron chi connectivity index (χ0n) is 13.1. The molecule has 108 valence electrons. The highest BCUT2D eigenvalue weighted by molar-refractivity contribution is 5.31. The van der Waals surface area contributed by atoms with Crippen molar-refractivity contribution in [2.24, 2.45) is 0 Å². The van der Waals surface area contributed by atoms with E-state index in [1.54, 1.807) is 0 Å². The SMILES string of the molecule is CCC(C)NCCOc1ccc(C(C)(C)CC)cc1. The summed E-state index contributed by atoms with van der Waals surface area (Å²) in [7, 11) is 0. The van der Waals surface area contributed by atoms with Crippen LogP contribution < -0.4 is 10.1 Å². The average Bonchev–Trinajstić information content (AvgIpc) is 2.43. The molecule has 0 saturated heterocycles. The average molecular weight is 263 g/mol. The third-order valence-corrected chi connectivity index (χ3v) is 4.00. The highest BCUT2D eigenvalue weighted by Crippen LogP contribution is 2.27. The normalized spacial score (nSPS) is 13.3. The third-order valence-electron chi connectivity index (χ3n) is 4.00. The van der Waals surface area contributed by atoms with Crippen molar-refractivity contribution in [3.05, 3.63) is 29.8 Å². The van der Waals surface area contributed by atoms with Crippen LogP contribution in [0.4, 0.5) is 0 Å². The minimum absolute atomic E-state index is 0.247. The Hall–Kier alpha value is -1.02. The van der Waals surface area contributed by atoms with E-state index in [0.29, 0.717) is 6.04 Å². The van der Waals surface area contributed by atoms with Crippen molar-refractivity contribution < 1.29 is 4.74 Å². The van der Waals surface area contributed by atoms with Gasteiger partial charge in [0, 0.05) is 12.6 Å². The minimum Gasteiger partial charge on any atom is -0.492 e. The topological polar surface area (TPSA) is 21.3 Å². The first-order valence-electron chi connectivity index (χ1n) is 7.46. The molecule has 0 heterocycles. The molecule has 2 nitrogen and oxygen atoms in total. The van der Waals surface area contributed by atoms with Crippen LogP contribution in [0.1, 0.15) is 53.0 Å². The Balaban J connectivity index is 2.41. The van der Waals surface area contributed by atoms with Gasteiger partial charge >= 0.3 is 0 Å². The molecule has 1 unspecified atom stereocenters. The molecular formula is C17H29NO. The Bertz CT molecular complexity index is 356. The second-order valence-corrected chi connectivity index (χ2v) is 5.87. The molecule has 1 atom stereocenters. The lowest BCUT2D eigenvalue weighted by atomic mass is 9.82. The summed E-state index contributed by atoms with van der Waals surface area (Å²) in [5.74, 6) is 0.960. The van der Waals surface area contributed by atoms with Crippen molar-refractivity contribution in [2.75, 3.05) is 13.2 Å². The quantitative estimate of drug-likeness (QED) is 0.712. The van der Waals surface area contributed by atoms with Gasteiger partial charge in [-0.25, -0.2) is 0 Å². The van der Waals surface area contributed by atoms with E-state index >= 15 is 0 Å². The van der Waals surface area contributed by atoms with Gasteiger partial charge in [0.05, 0.1) is 0 Å². The van der Waals surface area contributed by atoms with E-state index in [1.165, 1.54) is 5.56 Å². The lowest BCUT2D eigenvalue weighted by Gasteiger charge is -2.23. The van der Waals surface area contributed by atoms with Crippen molar-refractivity contribution >= 4 is 0 Å². The number of hydrogen-bond donors (Lipinski definition) is 1. The molecule has 1 rings (SSSR count). The van der Waals surface area contributed by atoms with Crippen LogP contribution >= 0.6 is 0 Å². The molecule has 0 aromatic heterocycles. The van der Waals surface area contributed by atoms with Crippen molar-refractivity contribution in [1.82, 2.24) is 5.32 Å². The first kappa shape index (κ1) is 16.0. The third kappa shape index (κ3) is 5.23. The fourth-order valence-corrected chi connectivity index (χ4v) is 1.83. The maximum absolute atomic E-state index is 5.74. The zero-order chi connectivity index (χ0) is 14.3. The van der Waals surface area contributed by atoms with E-state index in [9.17, 15) is 0 Å². The van der Waals surface area contributed by atoms with Crippen molar-refractivity contribution in [3.63, 3.8) is 0 Å². The molecule has 0 spiro atoms. The van der Waals surface area contributed by atoms with E-state index < -0.39 is 0 Å². The second-order valence-electron chi connectivity index (χ2n) is 5.87. The van der Waals surface area contributed by atoms with Crippen molar-refractivity contribution in [3.8, 4) is 5.75 Å². The summed E-state index contributed by atoms with van der Waals surface area (Å²) < 4.78 is 5.74. The van der Waals surface area contributed by atoms with Crippen LogP contribution in [0.2, 0.25) is 0 Å². The lowest BCUT2D eigenvalue weighted by molar-refractivity contribution is 0.306. The maximum Gasteiger partial charge on any atom is 0.119 e. The first-order chi connectivity index (χ1) is 8.99. The number of hydrogen-bond acceptors (Lipinski definition) is 2. The van der Waals surface area contributed by atoms with E-state index in [4.69, 9.17) is 4.74 Å². The van der Waals surface area contributed by atoms with Gasteiger partial charge < -0.3 is 10.1 Å². The molecule has 1 aromatic carbocycles. The largest absolute Gasteiger partial charge is 0.492 e. The molecule has 0 saturated carbocycles. The Morgan fingerprint density at radius 3 is 2.32 bits per heavy atom. The summed E-state index contributed by atoms with van der Waals surface area (Å²) in [4.78, 5) is 0. The number of benzene rings is 1. The summed E-state index contributed by atoms with van der Waals surface area (Å²) in [6.45, 7) is 12.8. The van der Waals surface area contributed by atoms with Gasteiger partial charge in [0.2, 0.25) is 0 Å². The summed E-state index contributed by atoms with van der Waals surface area (Å²) in [6, 6.07) is 9.09. The van der Waals surface area contributed by atoms with Crippen LogP contribution in [0.25, 0.3) is 0 Å². The predicted molar refractivity (Wildman–Crippen MR) is 83.0 cm³/mol. The van der Waals surface area contributed by atoms with E-state index in [2.05, 4.69) is 64.2 Å². The minimum atomic E-state index is 0.247. The predicted octanol–water partition coefficient (Wildman–Crippen LogP) is 4.14. The number of ether oxygens (including phenoxy) is 1. The van der Waals surface area contributed by atoms with Crippen LogP contribution in [0.3, 0.4) is 0 Å². The van der Waals surface area contributed by atoms with E-state index in [0.717, 1.165) is 31.7 Å². The molecule has 0 aliphatic carbocycles. The van der Waals surface area contributed by atoms with Crippen molar-refractivity contribution in [1.29, 1.82) is 0 Å². The summed E-state index contributed by atoms with van der Waals surface area (Å²) in [5.41, 5.74) is 1.62. The summed E-state index contributed by atoms with van der Waals surface area (Å²) in [6.07, 6.45) is 2.30. The Labute approximate surface area is 118 Å². The molecule has 19 heavy (non-hydrogen) atoms. The van der Waals surface area contributed by atoms with Gasteiger partial charge in [0.25, 0.3) is 0 Å². The van der Waals surface area contributed by atoms with E-state index in [1.807, 2.05) is 0 Å². The molecular weight excluding hydrogens is 234 g/mol. The molecule has 2 heteroatoms. The van der Waals surface area contributed by atoms with Gasteiger partial charge in [-0.05, 0) is 42.9 Å². The molecule has 0 aliphatic heterocycles. The molecule has 0 radical (unpaired) electrons. The lowest BCUT2D eigenvalue weighted by Crippen LogP contribution is -2.29. The Morgan fingerprint density at radius 2 is 1.79 bits per heavy atom. The molecule has 1 aromatic rings. The van der Waals surface area contributed by atoms with Crippen LogP contribution in [0, 0.1) is 0 Å². The van der Waals surface area contributed by atoms with Crippen LogP contribution in [-0.4, -0.2) is 19.2 Å². The fourth-order valence-electron chi connectivity index (χ4n) is 1.83. The second kappa shape index (κ2) is 7.54. The van der Waals surface area contributed by atoms with Crippen LogP contribution in [0.15, 0.2) is 24.3 Å². The van der Waals surface area contributed by atoms with E-state index in [-0.39, 0.29) is 5.41 Å². The monoisotopic (exact) mass is 263 g/mol. The molecule has 1 N–H and O–H groups in total. The van der Waals surface area contributed by atoms with Crippen LogP contribution in [0.5, 0.6) is 5.75 Å². The van der Waals surface area contributed by atoms with Crippen LogP contribution in [-0.2, 0) is 5.41 Å². The standard InChI is InChI=1S/C17H29NO/c1-6-14(3)18-12-13-19-16-10-8-15(9-11-16)17(4,5)7-2/h8-11,14,18H,6-7,12-13H2,1-5H3. The molecule has 0 fully saturated rings. The molecule has 0 bridgehead atoms. The smallest absolute Gasteiger partial charge is 0.119 e. The highest BCUT2D eigenvalue weighted by Gasteiger charge is 2.17. The zero-order valence-corrected chi connectivity index (χ0v) is 13.1. The molecule has 0 amide bonds. The highest BCUT2D eigenvalue weighted by atomic mass is 16.5. The fraction of sp³-hybridized carbons (Fsp3) is 0.647. The summed E-state index contributed by atoms with van der Waals surface area (Å²) in [5, 5.41) is 3.42. The van der Waals surface area contributed by atoms with Gasteiger partial charge in [0.1, 0.15) is 12.4 Å². The molecule has 0 aliphatic rings. The van der Waals surface area contributed by atoms with Gasteiger partial charge in [-0.1, -0.05) is 39.8 Å². The van der Waals surface area contributed by atoms with Gasteiger partial charge in [-0.2, -0.15) is 0 Å². The number of nitrogens with one attached hydrogen (secondary N) is 1.